The maximum absolute atomic E-state index is 12.4. The zero-order chi connectivity index (χ0) is 14.5. The van der Waals surface area contributed by atoms with Crippen LogP contribution in [-0.4, -0.2) is 22.6 Å². The molecular formula is C14H16N4O2. The van der Waals surface area contributed by atoms with E-state index in [1.165, 1.54) is 12.1 Å². The van der Waals surface area contributed by atoms with Crippen LogP contribution in [-0.2, 0) is 6.54 Å². The topological polar surface area (TPSA) is 92.1 Å². The van der Waals surface area contributed by atoms with Crippen molar-refractivity contribution in [2.45, 2.75) is 13.5 Å². The largest absolute Gasteiger partial charge is 0.326 e. The van der Waals surface area contributed by atoms with Crippen LogP contribution < -0.4 is 16.2 Å². The summed E-state index contributed by atoms with van der Waals surface area (Å²) in [5.41, 5.74) is 7.18. The van der Waals surface area contributed by atoms with Crippen LogP contribution in [0.2, 0.25) is 0 Å². The van der Waals surface area contributed by atoms with Crippen molar-refractivity contribution in [2.75, 3.05) is 11.4 Å². The van der Waals surface area contributed by atoms with Gasteiger partial charge in [-0.15, -0.1) is 0 Å². The number of hydrogen-bond donors (Lipinski definition) is 2. The zero-order valence-corrected chi connectivity index (χ0v) is 11.2. The fraction of sp³-hybridized carbons (Fsp3) is 0.214. The van der Waals surface area contributed by atoms with Crippen molar-refractivity contribution in [1.82, 2.24) is 10.2 Å². The Morgan fingerprint density at radius 3 is 2.45 bits per heavy atom. The Morgan fingerprint density at radius 2 is 1.95 bits per heavy atom. The molecule has 0 radical (unpaired) electrons. The first-order valence-corrected chi connectivity index (χ1v) is 6.32. The normalized spacial score (nSPS) is 10.3. The van der Waals surface area contributed by atoms with Crippen LogP contribution in [0.3, 0.4) is 0 Å². The van der Waals surface area contributed by atoms with Crippen LogP contribution in [0.4, 0.5) is 5.69 Å². The minimum absolute atomic E-state index is 0.203. The van der Waals surface area contributed by atoms with Gasteiger partial charge in [0, 0.05) is 24.8 Å². The van der Waals surface area contributed by atoms with Gasteiger partial charge in [0.25, 0.3) is 11.5 Å². The van der Waals surface area contributed by atoms with Crippen LogP contribution in [0.1, 0.15) is 23.0 Å². The van der Waals surface area contributed by atoms with Gasteiger partial charge in [0.2, 0.25) is 0 Å². The second kappa shape index (κ2) is 6.12. The molecule has 0 atom stereocenters. The van der Waals surface area contributed by atoms with E-state index in [0.717, 1.165) is 11.3 Å². The number of aromatic amines is 1. The number of carbonyl (C=O) groups excluding carboxylic acids is 1. The van der Waals surface area contributed by atoms with Gasteiger partial charge < -0.3 is 10.6 Å². The van der Waals surface area contributed by atoms with Crippen molar-refractivity contribution >= 4 is 11.6 Å². The molecule has 3 N–H and O–H groups in total. The molecule has 1 heterocycles. The monoisotopic (exact) mass is 272 g/mol. The van der Waals surface area contributed by atoms with E-state index in [9.17, 15) is 9.59 Å². The molecule has 0 spiro atoms. The molecule has 0 aliphatic rings. The van der Waals surface area contributed by atoms with Crippen LogP contribution in [0.15, 0.2) is 41.2 Å². The smallest absolute Gasteiger partial charge is 0.278 e. The summed E-state index contributed by atoms with van der Waals surface area (Å²) in [6.07, 6.45) is 0. The molecule has 0 unspecified atom stereocenters. The second-order valence-electron chi connectivity index (χ2n) is 4.23. The molecule has 2 rings (SSSR count). The van der Waals surface area contributed by atoms with Gasteiger partial charge in [-0.3, -0.25) is 9.59 Å². The highest BCUT2D eigenvalue weighted by Gasteiger charge is 2.17. The number of benzene rings is 1. The number of H-pyrrole nitrogens is 1. The standard InChI is InChI=1S/C14H16N4O2/c1-2-18(11-5-3-10(9-15)4-6-11)14(20)12-7-8-13(19)17-16-12/h3-8H,2,9,15H2,1H3,(H,17,19). The molecule has 1 aromatic heterocycles. The van der Waals surface area contributed by atoms with E-state index in [-0.39, 0.29) is 17.2 Å². The molecule has 6 heteroatoms. The molecule has 0 saturated heterocycles. The van der Waals surface area contributed by atoms with E-state index >= 15 is 0 Å². The molecule has 104 valence electrons. The Labute approximate surface area is 116 Å². The highest BCUT2D eigenvalue weighted by Crippen LogP contribution is 2.17. The number of carbonyl (C=O) groups is 1. The van der Waals surface area contributed by atoms with Gasteiger partial charge in [0.1, 0.15) is 5.69 Å². The minimum Gasteiger partial charge on any atom is -0.326 e. The summed E-state index contributed by atoms with van der Waals surface area (Å²) >= 11 is 0. The van der Waals surface area contributed by atoms with E-state index in [1.54, 1.807) is 4.90 Å². The molecule has 2 aromatic rings. The summed E-state index contributed by atoms with van der Waals surface area (Å²) in [6.45, 7) is 2.84. The van der Waals surface area contributed by atoms with Crippen molar-refractivity contribution in [2.24, 2.45) is 5.73 Å². The number of nitrogens with one attached hydrogen (secondary N) is 1. The van der Waals surface area contributed by atoms with E-state index < -0.39 is 0 Å². The Kier molecular flexibility index (Phi) is 4.27. The average Bonchev–Trinajstić information content (AvgIpc) is 2.49. The number of rotatable bonds is 4. The van der Waals surface area contributed by atoms with Gasteiger partial charge in [-0.1, -0.05) is 12.1 Å². The number of nitrogens with zero attached hydrogens (tertiary/aromatic N) is 2. The van der Waals surface area contributed by atoms with Crippen LogP contribution in [0.25, 0.3) is 0 Å². The Morgan fingerprint density at radius 1 is 1.25 bits per heavy atom. The van der Waals surface area contributed by atoms with E-state index in [4.69, 9.17) is 5.73 Å². The number of anilines is 1. The Bertz CT molecular complexity index is 628. The highest BCUT2D eigenvalue weighted by atomic mass is 16.2. The number of hydrogen-bond acceptors (Lipinski definition) is 4. The summed E-state index contributed by atoms with van der Waals surface area (Å²) in [6, 6.07) is 10.1. The summed E-state index contributed by atoms with van der Waals surface area (Å²) < 4.78 is 0. The lowest BCUT2D eigenvalue weighted by Crippen LogP contribution is -2.32. The molecule has 1 aromatic carbocycles. The lowest BCUT2D eigenvalue weighted by atomic mass is 10.2. The summed E-state index contributed by atoms with van der Waals surface area (Å²) in [5.74, 6) is -0.260. The second-order valence-corrected chi connectivity index (χ2v) is 4.23. The molecule has 0 aliphatic heterocycles. The highest BCUT2D eigenvalue weighted by molar-refractivity contribution is 6.04. The van der Waals surface area contributed by atoms with E-state index in [1.807, 2.05) is 31.2 Å². The fourth-order valence-electron chi connectivity index (χ4n) is 1.86. The van der Waals surface area contributed by atoms with Gasteiger partial charge in [-0.2, -0.15) is 5.10 Å². The van der Waals surface area contributed by atoms with Gasteiger partial charge in [-0.05, 0) is 30.7 Å². The van der Waals surface area contributed by atoms with Crippen molar-refractivity contribution in [1.29, 1.82) is 0 Å². The lowest BCUT2D eigenvalue weighted by Gasteiger charge is -2.20. The van der Waals surface area contributed by atoms with Crippen LogP contribution in [0, 0.1) is 0 Å². The third-order valence-electron chi connectivity index (χ3n) is 2.94. The van der Waals surface area contributed by atoms with Crippen LogP contribution in [0.5, 0.6) is 0 Å². The van der Waals surface area contributed by atoms with Crippen molar-refractivity contribution in [3.8, 4) is 0 Å². The Hall–Kier alpha value is -2.47. The zero-order valence-electron chi connectivity index (χ0n) is 11.2. The lowest BCUT2D eigenvalue weighted by molar-refractivity contribution is 0.0982. The first kappa shape index (κ1) is 14.0. The van der Waals surface area contributed by atoms with Gasteiger partial charge in [0.15, 0.2) is 0 Å². The van der Waals surface area contributed by atoms with Crippen LogP contribution >= 0.6 is 0 Å². The van der Waals surface area contributed by atoms with E-state index in [0.29, 0.717) is 13.1 Å². The first-order valence-electron chi connectivity index (χ1n) is 6.32. The number of amides is 1. The van der Waals surface area contributed by atoms with Gasteiger partial charge in [-0.25, -0.2) is 5.10 Å². The average molecular weight is 272 g/mol. The fourth-order valence-corrected chi connectivity index (χ4v) is 1.86. The van der Waals surface area contributed by atoms with Crippen molar-refractivity contribution in [3.05, 3.63) is 58.0 Å². The molecule has 0 saturated carbocycles. The number of nitrogens with two attached hydrogens (primary N) is 1. The van der Waals surface area contributed by atoms with Crippen molar-refractivity contribution in [3.63, 3.8) is 0 Å². The van der Waals surface area contributed by atoms with Gasteiger partial charge >= 0.3 is 0 Å². The minimum atomic E-state index is -0.336. The third-order valence-corrected chi connectivity index (χ3v) is 2.94. The molecule has 20 heavy (non-hydrogen) atoms. The third kappa shape index (κ3) is 2.92. The first-order chi connectivity index (χ1) is 9.65. The number of aromatic nitrogens is 2. The van der Waals surface area contributed by atoms with E-state index in [2.05, 4.69) is 10.2 Å². The predicted octanol–water partition coefficient (Wildman–Crippen LogP) is 0.895. The predicted molar refractivity (Wildman–Crippen MR) is 76.5 cm³/mol. The van der Waals surface area contributed by atoms with Gasteiger partial charge in [0.05, 0.1) is 0 Å². The molecular weight excluding hydrogens is 256 g/mol. The summed E-state index contributed by atoms with van der Waals surface area (Å²) in [5, 5.41) is 6.02. The summed E-state index contributed by atoms with van der Waals surface area (Å²) in [7, 11) is 0. The maximum Gasteiger partial charge on any atom is 0.278 e. The Balaban J connectivity index is 2.28. The molecule has 1 amide bonds. The quantitative estimate of drug-likeness (QED) is 0.864. The molecule has 0 fully saturated rings. The molecule has 0 aliphatic carbocycles. The SMILES string of the molecule is CCN(C(=O)c1ccc(=O)[nH]n1)c1ccc(CN)cc1. The molecule has 6 nitrogen and oxygen atoms in total. The maximum atomic E-state index is 12.4. The summed E-state index contributed by atoms with van der Waals surface area (Å²) in [4.78, 5) is 24.9. The molecule has 0 bridgehead atoms. The van der Waals surface area contributed by atoms with Crippen molar-refractivity contribution < 1.29 is 4.79 Å².